The standard InChI is InChI=1S/C20H17FN4O4S2/c1-3-24-17-12(15(27)22-19(24)30)11(14(26)9-5-7-10(21)8-6-9)13-16(28)23-20(31)25(4-2)18(13)29-17/h5-8,11H,3-4H2,1-2H3,(H,22,27,30)(H,23,28,31). The number of aromatic nitrogens is 4. The second-order valence-electron chi connectivity index (χ2n) is 6.85. The van der Waals surface area contributed by atoms with Crippen LogP contribution in [0.3, 0.4) is 0 Å². The normalized spacial score (nSPS) is 12.7. The first-order valence-electron chi connectivity index (χ1n) is 9.50. The van der Waals surface area contributed by atoms with Crippen molar-refractivity contribution >= 4 is 30.2 Å². The molecule has 0 spiro atoms. The van der Waals surface area contributed by atoms with E-state index in [2.05, 4.69) is 9.97 Å². The van der Waals surface area contributed by atoms with Crippen molar-refractivity contribution < 1.29 is 13.9 Å². The zero-order chi connectivity index (χ0) is 22.4. The number of carbonyl (C=O) groups excluding carboxylic acids is 1. The van der Waals surface area contributed by atoms with Gasteiger partial charge >= 0.3 is 0 Å². The smallest absolute Gasteiger partial charge is 0.259 e. The second-order valence-corrected chi connectivity index (χ2v) is 7.62. The third kappa shape index (κ3) is 3.29. The highest BCUT2D eigenvalue weighted by Gasteiger charge is 2.41. The topological polar surface area (TPSA) is 102 Å². The van der Waals surface area contributed by atoms with Crippen LogP contribution in [-0.2, 0) is 13.1 Å². The van der Waals surface area contributed by atoms with Gasteiger partial charge in [0.1, 0.15) is 5.82 Å². The largest absolute Gasteiger partial charge is 0.423 e. The lowest BCUT2D eigenvalue weighted by Gasteiger charge is -2.29. The van der Waals surface area contributed by atoms with E-state index in [1.165, 1.54) is 21.3 Å². The maximum Gasteiger partial charge on any atom is 0.259 e. The van der Waals surface area contributed by atoms with Crippen LogP contribution in [0.25, 0.3) is 0 Å². The van der Waals surface area contributed by atoms with E-state index < -0.39 is 28.6 Å². The Bertz CT molecular complexity index is 1370. The van der Waals surface area contributed by atoms with Gasteiger partial charge < -0.3 is 4.74 Å². The lowest BCUT2D eigenvalue weighted by Crippen LogP contribution is -2.36. The molecule has 31 heavy (non-hydrogen) atoms. The van der Waals surface area contributed by atoms with E-state index in [0.717, 1.165) is 12.1 Å². The van der Waals surface area contributed by atoms with Gasteiger partial charge in [-0.1, -0.05) is 0 Å². The lowest BCUT2D eigenvalue weighted by atomic mass is 9.85. The van der Waals surface area contributed by atoms with Crippen LogP contribution >= 0.6 is 24.4 Å². The quantitative estimate of drug-likeness (QED) is 0.457. The molecule has 0 fully saturated rings. The van der Waals surface area contributed by atoms with Crippen LogP contribution in [0.2, 0.25) is 0 Å². The molecule has 0 unspecified atom stereocenters. The van der Waals surface area contributed by atoms with E-state index in [1.807, 2.05) is 0 Å². The number of ketones is 1. The fourth-order valence-corrected chi connectivity index (χ4v) is 4.33. The first kappa shape index (κ1) is 21.1. The zero-order valence-corrected chi connectivity index (χ0v) is 18.2. The number of hydrogen-bond donors (Lipinski definition) is 2. The van der Waals surface area contributed by atoms with E-state index in [-0.39, 0.29) is 38.0 Å². The van der Waals surface area contributed by atoms with Crippen molar-refractivity contribution in [3.8, 4) is 11.8 Å². The summed E-state index contributed by atoms with van der Waals surface area (Å²) in [7, 11) is 0. The SMILES string of the molecule is CCn1c2c(c(=O)[nH]c1=S)C(C(=O)c1ccc(F)cc1)c1c(n(CC)c(=S)[nH]c1=O)O2. The maximum atomic E-state index is 13.6. The summed E-state index contributed by atoms with van der Waals surface area (Å²) in [6.07, 6.45) is 0. The number of rotatable bonds is 4. The molecule has 4 rings (SSSR count). The molecule has 0 radical (unpaired) electrons. The van der Waals surface area contributed by atoms with Crippen molar-refractivity contribution in [2.75, 3.05) is 0 Å². The van der Waals surface area contributed by atoms with Gasteiger partial charge in [-0.15, -0.1) is 0 Å². The monoisotopic (exact) mass is 460 g/mol. The zero-order valence-electron chi connectivity index (χ0n) is 16.5. The molecular formula is C20H17FN4O4S2. The summed E-state index contributed by atoms with van der Waals surface area (Å²) in [5.74, 6) is -2.21. The molecule has 3 aromatic rings. The molecule has 160 valence electrons. The van der Waals surface area contributed by atoms with Crippen LogP contribution in [0.1, 0.15) is 41.3 Å². The van der Waals surface area contributed by atoms with Crippen LogP contribution in [0, 0.1) is 15.4 Å². The summed E-state index contributed by atoms with van der Waals surface area (Å²) < 4.78 is 22.7. The predicted octanol–water partition coefficient (Wildman–Crippen LogP) is 3.42. The molecule has 3 heterocycles. The van der Waals surface area contributed by atoms with Crippen molar-refractivity contribution in [1.82, 2.24) is 19.1 Å². The lowest BCUT2D eigenvalue weighted by molar-refractivity contribution is 0.0966. The van der Waals surface area contributed by atoms with E-state index in [4.69, 9.17) is 29.2 Å². The minimum Gasteiger partial charge on any atom is -0.423 e. The first-order chi connectivity index (χ1) is 14.8. The van der Waals surface area contributed by atoms with Gasteiger partial charge in [0.25, 0.3) is 11.1 Å². The number of halogens is 1. The summed E-state index contributed by atoms with van der Waals surface area (Å²) in [5.41, 5.74) is -1.22. The number of aromatic amines is 2. The molecule has 0 atom stereocenters. The summed E-state index contributed by atoms with van der Waals surface area (Å²) >= 11 is 10.5. The number of nitrogens with one attached hydrogen (secondary N) is 2. The fourth-order valence-electron chi connectivity index (χ4n) is 3.72. The molecule has 1 aliphatic rings. The predicted molar refractivity (Wildman–Crippen MR) is 116 cm³/mol. The minimum atomic E-state index is -1.29. The van der Waals surface area contributed by atoms with Crippen LogP contribution in [0.5, 0.6) is 11.8 Å². The van der Waals surface area contributed by atoms with Crippen molar-refractivity contribution in [1.29, 1.82) is 0 Å². The van der Waals surface area contributed by atoms with Gasteiger partial charge in [-0.3, -0.25) is 33.5 Å². The van der Waals surface area contributed by atoms with Gasteiger partial charge in [-0.25, -0.2) is 4.39 Å². The number of nitrogens with zero attached hydrogens (tertiary/aromatic N) is 2. The summed E-state index contributed by atoms with van der Waals surface area (Å²) in [6, 6.07) is 4.89. The highest BCUT2D eigenvalue weighted by atomic mass is 32.1. The molecule has 0 amide bonds. The van der Waals surface area contributed by atoms with Crippen LogP contribution in [0.4, 0.5) is 4.39 Å². The first-order valence-corrected chi connectivity index (χ1v) is 10.3. The molecule has 0 saturated heterocycles. The van der Waals surface area contributed by atoms with Gasteiger partial charge in [-0.05, 0) is 62.5 Å². The van der Waals surface area contributed by atoms with Gasteiger partial charge in [0.2, 0.25) is 11.8 Å². The Morgan fingerprint density at radius 2 is 1.42 bits per heavy atom. The number of hydrogen-bond acceptors (Lipinski definition) is 6. The van der Waals surface area contributed by atoms with Crippen LogP contribution < -0.4 is 15.9 Å². The third-order valence-corrected chi connectivity index (χ3v) is 5.81. The minimum absolute atomic E-state index is 0.0393. The number of fused-ring (bicyclic) bond motifs is 2. The summed E-state index contributed by atoms with van der Waals surface area (Å²) in [4.78, 5) is 44.5. The Kier molecular flexibility index (Phi) is 5.31. The maximum absolute atomic E-state index is 13.6. The molecular weight excluding hydrogens is 443 g/mol. The number of benzene rings is 1. The van der Waals surface area contributed by atoms with E-state index in [0.29, 0.717) is 13.1 Å². The van der Waals surface area contributed by atoms with Crippen LogP contribution in [-0.4, -0.2) is 24.9 Å². The average molecular weight is 461 g/mol. The Morgan fingerprint density at radius 3 is 1.84 bits per heavy atom. The van der Waals surface area contributed by atoms with E-state index >= 15 is 0 Å². The second kappa shape index (κ2) is 7.82. The molecule has 0 aliphatic carbocycles. The van der Waals surface area contributed by atoms with Gasteiger partial charge in [-0.2, -0.15) is 0 Å². The number of carbonyl (C=O) groups is 1. The summed E-state index contributed by atoms with van der Waals surface area (Å²) in [6.45, 7) is 4.30. The molecule has 2 N–H and O–H groups in total. The Morgan fingerprint density at radius 1 is 0.968 bits per heavy atom. The highest BCUT2D eigenvalue weighted by molar-refractivity contribution is 7.71. The number of Topliss-reactive ketones (excluding diaryl/α,β-unsaturated/α-hetero) is 1. The van der Waals surface area contributed by atoms with Crippen molar-refractivity contribution in [2.24, 2.45) is 0 Å². The Balaban J connectivity index is 2.12. The molecule has 0 saturated carbocycles. The average Bonchev–Trinajstić information content (AvgIpc) is 2.73. The molecule has 2 aromatic heterocycles. The molecule has 8 nitrogen and oxygen atoms in total. The Hall–Kier alpha value is -3.18. The van der Waals surface area contributed by atoms with Gasteiger partial charge in [0.15, 0.2) is 15.3 Å². The Labute approximate surface area is 185 Å². The van der Waals surface area contributed by atoms with Crippen molar-refractivity contribution in [3.63, 3.8) is 0 Å². The van der Waals surface area contributed by atoms with Crippen LogP contribution in [0.15, 0.2) is 33.9 Å². The molecule has 1 aliphatic heterocycles. The number of ether oxygens (including phenoxy) is 1. The van der Waals surface area contributed by atoms with E-state index in [1.54, 1.807) is 13.8 Å². The van der Waals surface area contributed by atoms with Crippen molar-refractivity contribution in [2.45, 2.75) is 32.9 Å². The molecule has 0 bridgehead atoms. The van der Waals surface area contributed by atoms with Crippen molar-refractivity contribution in [3.05, 3.63) is 77.0 Å². The summed E-state index contributed by atoms with van der Waals surface area (Å²) in [5, 5.41) is 0. The fraction of sp³-hybridized carbons (Fsp3) is 0.250. The molecule has 11 heteroatoms. The highest BCUT2D eigenvalue weighted by Crippen LogP contribution is 2.42. The van der Waals surface area contributed by atoms with E-state index in [9.17, 15) is 18.8 Å². The van der Waals surface area contributed by atoms with Gasteiger partial charge in [0.05, 0.1) is 17.0 Å². The third-order valence-electron chi connectivity index (χ3n) is 5.17. The van der Waals surface area contributed by atoms with Gasteiger partial charge in [0, 0.05) is 18.7 Å². The number of H-pyrrole nitrogens is 2. The molecule has 1 aromatic carbocycles.